The van der Waals surface area contributed by atoms with Gasteiger partial charge < -0.3 is 9.57 Å². The lowest BCUT2D eigenvalue weighted by Gasteiger charge is -2.59. The van der Waals surface area contributed by atoms with Crippen molar-refractivity contribution in [3.63, 3.8) is 0 Å². The van der Waals surface area contributed by atoms with Crippen LogP contribution in [0.2, 0.25) is 0 Å². The normalized spacial score (nSPS) is 31.5. The summed E-state index contributed by atoms with van der Waals surface area (Å²) in [4.78, 5) is 21.2. The quantitative estimate of drug-likeness (QED) is 0.287. The lowest BCUT2D eigenvalue weighted by atomic mass is 9.51. The molecule has 5 nitrogen and oxygen atoms in total. The molecular formula is C33H35BrN2O3. The maximum Gasteiger partial charge on any atom is 0.435 e. The zero-order valence-electron chi connectivity index (χ0n) is 22.3. The number of anilines is 1. The van der Waals surface area contributed by atoms with Crippen LogP contribution in [0.5, 0.6) is 5.75 Å². The molecule has 0 radical (unpaired) electrons. The van der Waals surface area contributed by atoms with E-state index in [2.05, 4.69) is 65.3 Å². The average molecular weight is 588 g/mol. The first-order valence-corrected chi connectivity index (χ1v) is 15.4. The zero-order valence-corrected chi connectivity index (χ0v) is 23.9. The van der Waals surface area contributed by atoms with Gasteiger partial charge in [-0.3, -0.25) is 4.90 Å². The predicted molar refractivity (Wildman–Crippen MR) is 156 cm³/mol. The van der Waals surface area contributed by atoms with Gasteiger partial charge in [-0.2, -0.15) is 0 Å². The number of amides is 1. The Balaban J connectivity index is 1.17. The number of hydrogen-bond donors (Lipinski definition) is 0. The van der Waals surface area contributed by atoms with Crippen LogP contribution >= 0.6 is 15.9 Å². The molecule has 3 fully saturated rings. The number of aryl methyl sites for hydroxylation is 1. The lowest BCUT2D eigenvalue weighted by molar-refractivity contribution is -0.205. The molecule has 6 heteroatoms. The summed E-state index contributed by atoms with van der Waals surface area (Å²) in [5.41, 5.74) is 5.03. The molecule has 1 amide bonds. The van der Waals surface area contributed by atoms with E-state index in [0.29, 0.717) is 24.4 Å². The fourth-order valence-corrected chi connectivity index (χ4v) is 8.67. The number of para-hydroxylation sites is 1. The van der Waals surface area contributed by atoms with E-state index in [9.17, 15) is 4.79 Å². The van der Waals surface area contributed by atoms with Crippen LogP contribution in [-0.2, 0) is 17.9 Å². The maximum absolute atomic E-state index is 13.3. The molecule has 0 bridgehead atoms. The van der Waals surface area contributed by atoms with Gasteiger partial charge in [0.05, 0.1) is 6.04 Å². The van der Waals surface area contributed by atoms with Crippen molar-refractivity contribution in [1.29, 1.82) is 0 Å². The van der Waals surface area contributed by atoms with Crippen LogP contribution in [0.15, 0.2) is 78.9 Å². The van der Waals surface area contributed by atoms with Gasteiger partial charge >= 0.3 is 6.09 Å². The molecule has 0 unspecified atom stereocenters. The van der Waals surface area contributed by atoms with Crippen molar-refractivity contribution >= 4 is 27.7 Å². The Morgan fingerprint density at radius 2 is 1.79 bits per heavy atom. The van der Waals surface area contributed by atoms with Crippen molar-refractivity contribution in [2.75, 3.05) is 10.2 Å². The molecule has 6 atom stereocenters. The van der Waals surface area contributed by atoms with E-state index in [1.54, 1.807) is 0 Å². The van der Waals surface area contributed by atoms with E-state index in [-0.39, 0.29) is 23.7 Å². The van der Waals surface area contributed by atoms with Gasteiger partial charge in [-0.25, -0.2) is 4.79 Å². The molecule has 0 aromatic heterocycles. The van der Waals surface area contributed by atoms with Gasteiger partial charge in [0.15, 0.2) is 0 Å². The number of carbonyl (C=O) groups excluding carboxylic acids is 1. The van der Waals surface area contributed by atoms with Crippen LogP contribution in [0, 0.1) is 17.3 Å². The number of hydroxylamine groups is 2. The number of benzene rings is 3. The van der Waals surface area contributed by atoms with Crippen LogP contribution in [0.1, 0.15) is 55.2 Å². The molecule has 2 saturated heterocycles. The summed E-state index contributed by atoms with van der Waals surface area (Å²) in [5, 5.41) is 2.82. The standard InChI is InChI=1S/C33H35BrN2O3/c1-33-17-16-28-27-15-13-26(38-21-22-8-4-2-5-9-22)18-23(27)12-14-29(28)30(33)19-25(20-34)36-31(33)35(32(37)39-36)24-10-6-3-7-11-24/h2-11,13,15,18,25,28-31H,12,14,16-17,19-21H2,1H3/t25-,28-,29-,30+,31-,33+/m1/s1. The Hall–Kier alpha value is -2.83. The molecule has 3 aromatic rings. The Bertz CT molecular complexity index is 1350. The minimum absolute atomic E-state index is 0.0436. The third-order valence-electron chi connectivity index (χ3n) is 9.94. The second-order valence-corrected chi connectivity index (χ2v) is 12.6. The Kier molecular flexibility index (Phi) is 6.43. The van der Waals surface area contributed by atoms with Crippen LogP contribution in [0.25, 0.3) is 0 Å². The predicted octanol–water partition coefficient (Wildman–Crippen LogP) is 7.70. The minimum Gasteiger partial charge on any atom is -0.489 e. The second-order valence-electron chi connectivity index (χ2n) is 11.9. The highest BCUT2D eigenvalue weighted by Gasteiger charge is 2.63. The fraction of sp³-hybridized carbons (Fsp3) is 0.424. The van der Waals surface area contributed by atoms with E-state index in [1.807, 2.05) is 46.4 Å². The molecule has 2 aliphatic carbocycles. The summed E-state index contributed by atoms with van der Waals surface area (Å²) in [6.07, 6.45) is 5.17. The Morgan fingerprint density at radius 1 is 1.03 bits per heavy atom. The van der Waals surface area contributed by atoms with Gasteiger partial charge in [-0.05, 0) is 90.8 Å². The molecule has 0 N–H and O–H groups in total. The maximum atomic E-state index is 13.3. The van der Waals surface area contributed by atoms with Gasteiger partial charge in [0, 0.05) is 16.4 Å². The number of hydrogen-bond acceptors (Lipinski definition) is 4. The monoisotopic (exact) mass is 586 g/mol. The van der Waals surface area contributed by atoms with Crippen molar-refractivity contribution in [3.8, 4) is 5.75 Å². The molecule has 1 saturated carbocycles. The van der Waals surface area contributed by atoms with Crippen LogP contribution < -0.4 is 9.64 Å². The summed E-state index contributed by atoms with van der Waals surface area (Å²) in [7, 11) is 0. The second kappa shape index (κ2) is 9.97. The number of rotatable bonds is 5. The van der Waals surface area contributed by atoms with Gasteiger partial charge in [0.2, 0.25) is 0 Å². The first-order valence-electron chi connectivity index (χ1n) is 14.3. The molecule has 202 valence electrons. The SMILES string of the molecule is C[C@]12CC[C@@H]3c4ccc(OCc5ccccc5)cc4CC[C@H]3[C@@H]1C[C@H](CBr)N1OC(=O)N(c3ccccc3)[C@H]12. The van der Waals surface area contributed by atoms with Gasteiger partial charge in [-0.1, -0.05) is 77.5 Å². The van der Waals surface area contributed by atoms with E-state index in [4.69, 9.17) is 9.57 Å². The van der Waals surface area contributed by atoms with E-state index < -0.39 is 0 Å². The number of nitrogens with zero attached hydrogens (tertiary/aromatic N) is 2. The molecule has 3 aromatic carbocycles. The largest absolute Gasteiger partial charge is 0.489 e. The summed E-state index contributed by atoms with van der Waals surface area (Å²) in [6, 6.07) is 27.4. The first-order chi connectivity index (χ1) is 19.1. The Labute approximate surface area is 239 Å². The van der Waals surface area contributed by atoms with E-state index in [1.165, 1.54) is 23.1 Å². The Morgan fingerprint density at radius 3 is 2.56 bits per heavy atom. The number of halogens is 1. The smallest absolute Gasteiger partial charge is 0.435 e. The number of ether oxygens (including phenoxy) is 1. The molecule has 39 heavy (non-hydrogen) atoms. The van der Waals surface area contributed by atoms with Crippen molar-refractivity contribution in [2.24, 2.45) is 17.3 Å². The molecule has 2 heterocycles. The highest BCUT2D eigenvalue weighted by Crippen LogP contribution is 2.62. The van der Waals surface area contributed by atoms with Gasteiger partial charge in [0.25, 0.3) is 0 Å². The number of carbonyl (C=O) groups is 1. The van der Waals surface area contributed by atoms with Crippen molar-refractivity contribution in [2.45, 2.75) is 63.8 Å². The zero-order chi connectivity index (χ0) is 26.6. The summed E-state index contributed by atoms with van der Waals surface area (Å²) < 4.78 is 6.17. The van der Waals surface area contributed by atoms with Crippen molar-refractivity contribution in [3.05, 3.63) is 95.6 Å². The highest BCUT2D eigenvalue weighted by atomic mass is 79.9. The van der Waals surface area contributed by atoms with E-state index in [0.717, 1.165) is 42.5 Å². The van der Waals surface area contributed by atoms with Crippen molar-refractivity contribution < 1.29 is 14.4 Å². The molecule has 2 aliphatic heterocycles. The number of piperidine rings is 1. The summed E-state index contributed by atoms with van der Waals surface area (Å²) in [5.74, 6) is 2.64. The molecule has 0 spiro atoms. The topological polar surface area (TPSA) is 42.0 Å². The number of alkyl halides is 1. The van der Waals surface area contributed by atoms with Crippen LogP contribution in [-0.4, -0.2) is 28.7 Å². The van der Waals surface area contributed by atoms with Gasteiger partial charge in [0.1, 0.15) is 18.5 Å². The minimum atomic E-state index is -0.252. The van der Waals surface area contributed by atoms with Gasteiger partial charge in [-0.15, -0.1) is 5.06 Å². The summed E-state index contributed by atoms with van der Waals surface area (Å²) >= 11 is 3.77. The third kappa shape index (κ3) is 4.18. The summed E-state index contributed by atoms with van der Waals surface area (Å²) in [6.45, 7) is 3.01. The molecule has 4 aliphatic rings. The fourth-order valence-electron chi connectivity index (χ4n) is 8.12. The van der Waals surface area contributed by atoms with Crippen LogP contribution in [0.3, 0.4) is 0 Å². The van der Waals surface area contributed by atoms with Crippen molar-refractivity contribution in [1.82, 2.24) is 5.06 Å². The molecular weight excluding hydrogens is 552 g/mol. The highest BCUT2D eigenvalue weighted by molar-refractivity contribution is 9.09. The lowest BCUT2D eigenvalue weighted by Crippen LogP contribution is -2.64. The van der Waals surface area contributed by atoms with Crippen LogP contribution in [0.4, 0.5) is 10.5 Å². The molecule has 7 rings (SSSR count). The third-order valence-corrected chi connectivity index (χ3v) is 10.7. The van der Waals surface area contributed by atoms with E-state index >= 15 is 0 Å². The first kappa shape index (κ1) is 25.2. The number of fused-ring (bicyclic) bond motifs is 7. The average Bonchev–Trinajstić information content (AvgIpc) is 3.34.